The van der Waals surface area contributed by atoms with Crippen LogP contribution in [0.5, 0.6) is 0 Å². The van der Waals surface area contributed by atoms with E-state index in [1.165, 1.54) is 11.6 Å². The van der Waals surface area contributed by atoms with E-state index in [0.717, 1.165) is 34.5 Å². The van der Waals surface area contributed by atoms with Crippen molar-refractivity contribution in [1.82, 2.24) is 4.90 Å². The van der Waals surface area contributed by atoms with E-state index in [2.05, 4.69) is 39.5 Å². The molecular formula is C18H27ClN2S. The van der Waals surface area contributed by atoms with Crippen LogP contribution >= 0.6 is 23.4 Å². The number of thioether (sulfide) groups is 1. The molecule has 0 radical (unpaired) electrons. The minimum atomic E-state index is 0.610. The molecule has 4 heteroatoms. The van der Waals surface area contributed by atoms with E-state index in [0.29, 0.717) is 12.0 Å². The Labute approximate surface area is 144 Å². The van der Waals surface area contributed by atoms with Crippen LogP contribution in [0.15, 0.2) is 23.2 Å². The van der Waals surface area contributed by atoms with Gasteiger partial charge in [-0.2, -0.15) is 0 Å². The summed E-state index contributed by atoms with van der Waals surface area (Å²) in [7, 11) is 0. The lowest BCUT2D eigenvalue weighted by Crippen LogP contribution is -2.37. The lowest BCUT2D eigenvalue weighted by molar-refractivity contribution is 0.279. The van der Waals surface area contributed by atoms with Crippen molar-refractivity contribution < 1.29 is 0 Å². The van der Waals surface area contributed by atoms with Crippen molar-refractivity contribution in [2.24, 2.45) is 16.8 Å². The first-order chi connectivity index (χ1) is 10.4. The second kappa shape index (κ2) is 7.74. The average molecular weight is 339 g/mol. The van der Waals surface area contributed by atoms with E-state index in [1.54, 1.807) is 0 Å². The highest BCUT2D eigenvalue weighted by atomic mass is 35.5. The van der Waals surface area contributed by atoms with Crippen molar-refractivity contribution in [2.75, 3.05) is 12.3 Å². The van der Waals surface area contributed by atoms with Crippen molar-refractivity contribution in [2.45, 2.75) is 47.1 Å². The Kier molecular flexibility index (Phi) is 6.22. The van der Waals surface area contributed by atoms with E-state index >= 15 is 0 Å². The molecule has 0 unspecified atom stereocenters. The summed E-state index contributed by atoms with van der Waals surface area (Å²) in [4.78, 5) is 7.45. The van der Waals surface area contributed by atoms with Gasteiger partial charge < -0.3 is 4.90 Å². The quantitative estimate of drug-likeness (QED) is 0.678. The molecule has 0 saturated carbocycles. The summed E-state index contributed by atoms with van der Waals surface area (Å²) in [6.07, 6.45) is 1.23. The lowest BCUT2D eigenvalue weighted by atomic mass is 10.0. The zero-order chi connectivity index (χ0) is 16.3. The Morgan fingerprint density at radius 2 is 2.00 bits per heavy atom. The number of hydrogen-bond donors (Lipinski definition) is 0. The number of nitrogens with zero attached hydrogens (tertiary/aromatic N) is 2. The summed E-state index contributed by atoms with van der Waals surface area (Å²) >= 11 is 7.94. The summed E-state index contributed by atoms with van der Waals surface area (Å²) in [5.41, 5.74) is 2.17. The fraction of sp³-hybridized carbons (Fsp3) is 0.611. The fourth-order valence-corrected chi connectivity index (χ4v) is 4.24. The molecule has 0 N–H and O–H groups in total. The highest BCUT2D eigenvalue weighted by Gasteiger charge is 2.31. The van der Waals surface area contributed by atoms with Gasteiger partial charge >= 0.3 is 0 Å². The molecule has 2 nitrogen and oxygen atoms in total. The van der Waals surface area contributed by atoms with Gasteiger partial charge in [-0.25, -0.2) is 4.99 Å². The number of hydrogen-bond acceptors (Lipinski definition) is 2. The summed E-state index contributed by atoms with van der Waals surface area (Å²) < 4.78 is 0. The smallest absolute Gasteiger partial charge is 0.164 e. The Bertz CT molecular complexity index is 540. The molecule has 1 atom stereocenters. The molecule has 1 fully saturated rings. The Morgan fingerprint density at radius 1 is 1.27 bits per heavy atom. The molecule has 0 amide bonds. The van der Waals surface area contributed by atoms with Gasteiger partial charge in [0.15, 0.2) is 5.17 Å². The number of benzene rings is 1. The maximum atomic E-state index is 6.05. The van der Waals surface area contributed by atoms with E-state index in [1.807, 2.05) is 30.0 Å². The van der Waals surface area contributed by atoms with Gasteiger partial charge in [-0.1, -0.05) is 51.1 Å². The Hall–Kier alpha value is -0.670. The second-order valence-corrected chi connectivity index (χ2v) is 8.39. The van der Waals surface area contributed by atoms with Gasteiger partial charge in [0.25, 0.3) is 0 Å². The van der Waals surface area contributed by atoms with E-state index < -0.39 is 0 Å². The molecule has 1 aromatic rings. The summed E-state index contributed by atoms with van der Waals surface area (Å²) in [6.45, 7) is 12.3. The van der Waals surface area contributed by atoms with Crippen LogP contribution in [0.1, 0.15) is 39.7 Å². The SMILES string of the molecule is Cc1cc(Cl)ccc1/N=C1\SC[C@H](CC(C)C)N1CC(C)C. The van der Waals surface area contributed by atoms with Gasteiger partial charge in [-0.15, -0.1) is 0 Å². The number of halogens is 1. The maximum Gasteiger partial charge on any atom is 0.164 e. The van der Waals surface area contributed by atoms with Gasteiger partial charge in [-0.3, -0.25) is 0 Å². The van der Waals surface area contributed by atoms with Gasteiger partial charge in [0.2, 0.25) is 0 Å². The molecule has 1 saturated heterocycles. The summed E-state index contributed by atoms with van der Waals surface area (Å²) in [6, 6.07) is 6.54. The van der Waals surface area contributed by atoms with Crippen molar-refractivity contribution in [3.63, 3.8) is 0 Å². The number of aliphatic imine (C=N–C) groups is 1. The van der Waals surface area contributed by atoms with Crippen LogP contribution in [-0.4, -0.2) is 28.4 Å². The minimum absolute atomic E-state index is 0.610. The highest BCUT2D eigenvalue weighted by Crippen LogP contribution is 2.32. The average Bonchev–Trinajstić information content (AvgIpc) is 2.74. The predicted octanol–water partition coefficient (Wildman–Crippen LogP) is 5.76. The molecule has 0 aromatic heterocycles. The topological polar surface area (TPSA) is 15.6 Å². The van der Waals surface area contributed by atoms with E-state index in [9.17, 15) is 0 Å². The van der Waals surface area contributed by atoms with Crippen molar-refractivity contribution in [3.05, 3.63) is 28.8 Å². The molecule has 22 heavy (non-hydrogen) atoms. The maximum absolute atomic E-state index is 6.05. The molecule has 1 aromatic carbocycles. The van der Waals surface area contributed by atoms with Crippen molar-refractivity contribution in [1.29, 1.82) is 0 Å². The largest absolute Gasteiger partial charge is 0.347 e. The molecular weight excluding hydrogens is 312 g/mol. The molecule has 1 heterocycles. The van der Waals surface area contributed by atoms with E-state index in [-0.39, 0.29) is 0 Å². The van der Waals surface area contributed by atoms with Gasteiger partial charge in [0.1, 0.15) is 0 Å². The first kappa shape index (κ1) is 17.7. The zero-order valence-electron chi connectivity index (χ0n) is 14.3. The van der Waals surface area contributed by atoms with Crippen LogP contribution in [0.2, 0.25) is 5.02 Å². The first-order valence-corrected chi connectivity index (χ1v) is 9.47. The third-order valence-electron chi connectivity index (χ3n) is 3.77. The summed E-state index contributed by atoms with van der Waals surface area (Å²) in [5.74, 6) is 2.51. The van der Waals surface area contributed by atoms with Crippen LogP contribution < -0.4 is 0 Å². The Balaban J connectivity index is 2.25. The van der Waals surface area contributed by atoms with Gasteiger partial charge in [0, 0.05) is 23.4 Å². The predicted molar refractivity (Wildman–Crippen MR) is 101 cm³/mol. The molecule has 122 valence electrons. The van der Waals surface area contributed by atoms with Crippen LogP contribution in [0.25, 0.3) is 0 Å². The van der Waals surface area contributed by atoms with Crippen LogP contribution in [0.3, 0.4) is 0 Å². The first-order valence-electron chi connectivity index (χ1n) is 8.11. The molecule has 0 spiro atoms. The van der Waals surface area contributed by atoms with Gasteiger partial charge in [-0.05, 0) is 48.9 Å². The second-order valence-electron chi connectivity index (χ2n) is 6.97. The Morgan fingerprint density at radius 3 is 2.59 bits per heavy atom. The third-order valence-corrected chi connectivity index (χ3v) is 5.14. The number of rotatable bonds is 5. The zero-order valence-corrected chi connectivity index (χ0v) is 15.8. The molecule has 0 bridgehead atoms. The standard InChI is InChI=1S/C18H27ClN2S/c1-12(2)8-16-11-22-18(21(16)10-13(3)4)20-17-7-6-15(19)9-14(17)5/h6-7,9,12-13,16H,8,10-11H2,1-5H3/b20-18-/t16-/m0/s1. The molecule has 0 aliphatic carbocycles. The molecule has 1 aliphatic heterocycles. The number of amidine groups is 1. The van der Waals surface area contributed by atoms with E-state index in [4.69, 9.17) is 16.6 Å². The fourth-order valence-electron chi connectivity index (χ4n) is 2.80. The number of aryl methyl sites for hydroxylation is 1. The normalized spacial score (nSPS) is 20.6. The monoisotopic (exact) mass is 338 g/mol. The third kappa shape index (κ3) is 4.66. The lowest BCUT2D eigenvalue weighted by Gasteiger charge is -2.29. The van der Waals surface area contributed by atoms with Crippen LogP contribution in [0, 0.1) is 18.8 Å². The van der Waals surface area contributed by atoms with Crippen LogP contribution in [-0.2, 0) is 0 Å². The van der Waals surface area contributed by atoms with Gasteiger partial charge in [0.05, 0.1) is 5.69 Å². The molecule has 1 aliphatic rings. The highest BCUT2D eigenvalue weighted by molar-refractivity contribution is 8.14. The van der Waals surface area contributed by atoms with Crippen molar-refractivity contribution >= 4 is 34.2 Å². The van der Waals surface area contributed by atoms with Crippen molar-refractivity contribution in [3.8, 4) is 0 Å². The minimum Gasteiger partial charge on any atom is -0.347 e. The summed E-state index contributed by atoms with van der Waals surface area (Å²) in [5, 5.41) is 1.95. The molecule has 2 rings (SSSR count). The van der Waals surface area contributed by atoms with Crippen LogP contribution in [0.4, 0.5) is 5.69 Å².